The predicted octanol–water partition coefficient (Wildman–Crippen LogP) is 2.14. The second-order valence-electron chi connectivity index (χ2n) is 5.53. The van der Waals surface area contributed by atoms with Crippen molar-refractivity contribution in [1.29, 1.82) is 0 Å². The zero-order valence-corrected chi connectivity index (χ0v) is 12.1. The van der Waals surface area contributed by atoms with Gasteiger partial charge in [0.25, 0.3) is 0 Å². The third-order valence-electron chi connectivity index (χ3n) is 3.79. The van der Waals surface area contributed by atoms with Gasteiger partial charge >= 0.3 is 0 Å². The highest BCUT2D eigenvalue weighted by Gasteiger charge is 2.20. The second kappa shape index (κ2) is 6.54. The number of hydrogen-bond donors (Lipinski definition) is 2. The predicted molar refractivity (Wildman–Crippen MR) is 84.8 cm³/mol. The Morgan fingerprint density at radius 1 is 1.24 bits per heavy atom. The molecule has 1 aliphatic heterocycles. The van der Waals surface area contributed by atoms with Crippen molar-refractivity contribution in [3.05, 3.63) is 48.3 Å². The van der Waals surface area contributed by atoms with Crippen molar-refractivity contribution < 1.29 is 0 Å². The number of likely N-dealkylation sites (tertiary alicyclic amines) is 1. The van der Waals surface area contributed by atoms with Gasteiger partial charge in [-0.3, -0.25) is 4.90 Å². The van der Waals surface area contributed by atoms with Crippen LogP contribution < -0.4 is 11.1 Å². The summed E-state index contributed by atoms with van der Waals surface area (Å²) in [5.74, 6) is 1.32. The van der Waals surface area contributed by atoms with E-state index in [1.807, 2.05) is 0 Å². The molecule has 0 spiro atoms. The first-order valence-corrected chi connectivity index (χ1v) is 7.40. The van der Waals surface area contributed by atoms with Gasteiger partial charge < -0.3 is 11.1 Å². The molecule has 5 nitrogen and oxygen atoms in total. The van der Waals surface area contributed by atoms with Gasteiger partial charge in [0.05, 0.1) is 0 Å². The minimum absolute atomic E-state index is 0.414. The molecule has 1 unspecified atom stereocenters. The summed E-state index contributed by atoms with van der Waals surface area (Å²) in [5, 5.41) is 3.46. The highest BCUT2D eigenvalue weighted by molar-refractivity contribution is 5.44. The molecule has 0 bridgehead atoms. The minimum atomic E-state index is 0.414. The maximum absolute atomic E-state index is 5.69. The lowest BCUT2D eigenvalue weighted by Crippen LogP contribution is -2.41. The Hall–Kier alpha value is -2.14. The van der Waals surface area contributed by atoms with E-state index in [9.17, 15) is 0 Å². The fourth-order valence-electron chi connectivity index (χ4n) is 2.82. The molecule has 0 radical (unpaired) electrons. The average Bonchev–Trinajstić information content (AvgIpc) is 2.49. The van der Waals surface area contributed by atoms with Crippen molar-refractivity contribution in [3.63, 3.8) is 0 Å². The zero-order chi connectivity index (χ0) is 14.5. The first-order valence-electron chi connectivity index (χ1n) is 7.40. The number of anilines is 2. The lowest BCUT2D eigenvalue weighted by atomic mass is 10.0. The van der Waals surface area contributed by atoms with Crippen molar-refractivity contribution in [2.45, 2.75) is 25.4 Å². The fraction of sp³-hybridized carbons (Fsp3) is 0.375. The summed E-state index contributed by atoms with van der Waals surface area (Å²) in [6.45, 7) is 3.18. The Kier molecular flexibility index (Phi) is 4.31. The SMILES string of the molecule is Nc1cc(NC2CCCN(Cc3ccccc3)C2)ncn1. The van der Waals surface area contributed by atoms with Gasteiger partial charge in [-0.1, -0.05) is 30.3 Å². The molecule has 21 heavy (non-hydrogen) atoms. The van der Waals surface area contributed by atoms with E-state index in [1.165, 1.54) is 18.3 Å². The van der Waals surface area contributed by atoms with Gasteiger partial charge in [0.1, 0.15) is 18.0 Å². The van der Waals surface area contributed by atoms with Gasteiger partial charge in [0.2, 0.25) is 0 Å². The molecule has 1 fully saturated rings. The highest BCUT2D eigenvalue weighted by Crippen LogP contribution is 2.17. The summed E-state index contributed by atoms with van der Waals surface area (Å²) < 4.78 is 0. The summed E-state index contributed by atoms with van der Waals surface area (Å²) >= 11 is 0. The zero-order valence-electron chi connectivity index (χ0n) is 12.1. The number of hydrogen-bond acceptors (Lipinski definition) is 5. The summed E-state index contributed by atoms with van der Waals surface area (Å²) in [4.78, 5) is 10.6. The Morgan fingerprint density at radius 3 is 2.90 bits per heavy atom. The van der Waals surface area contributed by atoms with E-state index >= 15 is 0 Å². The lowest BCUT2D eigenvalue weighted by molar-refractivity contribution is 0.208. The molecule has 2 aromatic rings. The quantitative estimate of drug-likeness (QED) is 0.900. The van der Waals surface area contributed by atoms with E-state index in [0.29, 0.717) is 11.9 Å². The molecular weight excluding hydrogens is 262 g/mol. The van der Waals surface area contributed by atoms with Gasteiger partial charge in [-0.05, 0) is 24.9 Å². The molecule has 1 aromatic carbocycles. The molecule has 1 aliphatic rings. The second-order valence-corrected chi connectivity index (χ2v) is 5.53. The van der Waals surface area contributed by atoms with Crippen molar-refractivity contribution >= 4 is 11.6 Å². The van der Waals surface area contributed by atoms with Crippen LogP contribution >= 0.6 is 0 Å². The molecule has 2 heterocycles. The van der Waals surface area contributed by atoms with Crippen LogP contribution in [0.5, 0.6) is 0 Å². The number of aromatic nitrogens is 2. The van der Waals surface area contributed by atoms with Crippen LogP contribution in [-0.4, -0.2) is 34.0 Å². The lowest BCUT2D eigenvalue weighted by Gasteiger charge is -2.33. The van der Waals surface area contributed by atoms with E-state index in [2.05, 4.69) is 50.5 Å². The van der Waals surface area contributed by atoms with Gasteiger partial charge in [0, 0.05) is 25.2 Å². The Labute approximate surface area is 125 Å². The van der Waals surface area contributed by atoms with Crippen LogP contribution in [0, 0.1) is 0 Å². The molecule has 1 atom stereocenters. The van der Waals surface area contributed by atoms with E-state index in [-0.39, 0.29) is 0 Å². The first-order chi connectivity index (χ1) is 10.3. The molecule has 0 aliphatic carbocycles. The first kappa shape index (κ1) is 13.8. The Morgan fingerprint density at radius 2 is 2.10 bits per heavy atom. The number of rotatable bonds is 4. The summed E-state index contributed by atoms with van der Waals surface area (Å²) in [6.07, 6.45) is 3.86. The molecule has 3 N–H and O–H groups in total. The maximum atomic E-state index is 5.69. The normalized spacial score (nSPS) is 19.3. The van der Waals surface area contributed by atoms with E-state index in [4.69, 9.17) is 5.73 Å². The van der Waals surface area contributed by atoms with Gasteiger partial charge in [-0.2, -0.15) is 0 Å². The van der Waals surface area contributed by atoms with Crippen LogP contribution in [0.2, 0.25) is 0 Å². The third-order valence-corrected chi connectivity index (χ3v) is 3.79. The molecule has 0 amide bonds. The molecule has 3 rings (SSSR count). The third kappa shape index (κ3) is 3.92. The molecular formula is C16H21N5. The Bertz CT molecular complexity index is 572. The summed E-state index contributed by atoms with van der Waals surface area (Å²) in [7, 11) is 0. The van der Waals surface area contributed by atoms with Gasteiger partial charge in [-0.15, -0.1) is 0 Å². The van der Waals surface area contributed by atoms with Crippen LogP contribution in [0.1, 0.15) is 18.4 Å². The van der Waals surface area contributed by atoms with Crippen LogP contribution in [0.3, 0.4) is 0 Å². The molecule has 0 saturated carbocycles. The number of nitrogens with two attached hydrogens (primary N) is 1. The van der Waals surface area contributed by atoms with E-state index in [1.54, 1.807) is 6.07 Å². The number of nitrogen functional groups attached to an aromatic ring is 1. The van der Waals surface area contributed by atoms with Crippen LogP contribution in [0.25, 0.3) is 0 Å². The highest BCUT2D eigenvalue weighted by atomic mass is 15.2. The van der Waals surface area contributed by atoms with Crippen LogP contribution in [-0.2, 0) is 6.54 Å². The Balaban J connectivity index is 1.58. The average molecular weight is 283 g/mol. The van der Waals surface area contributed by atoms with Crippen LogP contribution in [0.4, 0.5) is 11.6 Å². The van der Waals surface area contributed by atoms with Crippen molar-refractivity contribution in [2.24, 2.45) is 0 Å². The number of benzene rings is 1. The molecule has 1 aromatic heterocycles. The van der Waals surface area contributed by atoms with E-state index in [0.717, 1.165) is 31.9 Å². The molecule has 1 saturated heterocycles. The van der Waals surface area contributed by atoms with E-state index < -0.39 is 0 Å². The topological polar surface area (TPSA) is 67.1 Å². The number of nitrogens with zero attached hydrogens (tertiary/aromatic N) is 3. The molecule has 110 valence electrons. The standard InChI is InChI=1S/C16H21N5/c17-15-9-16(19-12-18-15)20-14-7-4-8-21(11-14)10-13-5-2-1-3-6-13/h1-3,5-6,9,12,14H,4,7-8,10-11H2,(H3,17,18,19,20). The monoisotopic (exact) mass is 283 g/mol. The van der Waals surface area contributed by atoms with Gasteiger partial charge in [-0.25, -0.2) is 9.97 Å². The van der Waals surface area contributed by atoms with Crippen LogP contribution in [0.15, 0.2) is 42.7 Å². The van der Waals surface area contributed by atoms with Crippen molar-refractivity contribution in [2.75, 3.05) is 24.1 Å². The number of nitrogens with one attached hydrogen (secondary N) is 1. The summed E-state index contributed by atoms with van der Waals surface area (Å²) in [6, 6.07) is 12.8. The van der Waals surface area contributed by atoms with Gasteiger partial charge in [0.15, 0.2) is 0 Å². The van der Waals surface area contributed by atoms with Crippen molar-refractivity contribution in [3.8, 4) is 0 Å². The largest absolute Gasteiger partial charge is 0.384 e. The smallest absolute Gasteiger partial charge is 0.131 e. The number of piperidine rings is 1. The van der Waals surface area contributed by atoms with Crippen molar-refractivity contribution in [1.82, 2.24) is 14.9 Å². The molecule has 5 heteroatoms. The summed E-state index contributed by atoms with van der Waals surface area (Å²) in [5.41, 5.74) is 7.06. The fourth-order valence-corrected chi connectivity index (χ4v) is 2.82. The maximum Gasteiger partial charge on any atom is 0.131 e. The minimum Gasteiger partial charge on any atom is -0.384 e.